The van der Waals surface area contributed by atoms with Gasteiger partial charge in [-0.2, -0.15) is 0 Å². The van der Waals surface area contributed by atoms with E-state index in [2.05, 4.69) is 12.1 Å². The van der Waals surface area contributed by atoms with E-state index < -0.39 is 7.14 Å². The van der Waals surface area contributed by atoms with Gasteiger partial charge in [-0.3, -0.25) is 0 Å². The third-order valence-corrected chi connectivity index (χ3v) is 9.20. The zero-order valence-corrected chi connectivity index (χ0v) is 18.9. The van der Waals surface area contributed by atoms with Gasteiger partial charge in [0.2, 0.25) is 0 Å². The lowest BCUT2D eigenvalue weighted by Gasteiger charge is -2.23. The van der Waals surface area contributed by atoms with Gasteiger partial charge in [0.1, 0.15) is 5.75 Å². The SMILES string of the molecule is COc1ccc(/C(=C\Sc2ccccc2)P(=O)(c2ccccc2)c2ccccc2)cc1. The van der Waals surface area contributed by atoms with E-state index in [1.165, 1.54) is 0 Å². The highest BCUT2D eigenvalue weighted by atomic mass is 32.2. The van der Waals surface area contributed by atoms with Crippen LogP contribution in [-0.2, 0) is 4.57 Å². The number of benzene rings is 4. The minimum atomic E-state index is -3.12. The second-order valence-electron chi connectivity index (χ2n) is 6.94. The molecule has 0 amide bonds. The Balaban J connectivity index is 1.92. The van der Waals surface area contributed by atoms with Crippen molar-refractivity contribution in [1.82, 2.24) is 0 Å². The number of hydrogen-bond acceptors (Lipinski definition) is 3. The summed E-state index contributed by atoms with van der Waals surface area (Å²) in [6.45, 7) is 0. The van der Waals surface area contributed by atoms with Crippen molar-refractivity contribution in [2.45, 2.75) is 4.90 Å². The van der Waals surface area contributed by atoms with Crippen LogP contribution in [0.15, 0.2) is 126 Å². The maximum atomic E-state index is 15.0. The average Bonchev–Trinajstić information content (AvgIpc) is 2.86. The van der Waals surface area contributed by atoms with E-state index in [4.69, 9.17) is 4.74 Å². The monoisotopic (exact) mass is 442 g/mol. The van der Waals surface area contributed by atoms with Crippen LogP contribution >= 0.6 is 18.9 Å². The Hall–Kier alpha value is -3.00. The third kappa shape index (κ3) is 4.69. The zero-order chi connectivity index (χ0) is 21.5. The Bertz CT molecular complexity index is 1140. The minimum Gasteiger partial charge on any atom is -0.497 e. The summed E-state index contributed by atoms with van der Waals surface area (Å²) in [6, 6.07) is 37.4. The van der Waals surface area contributed by atoms with Gasteiger partial charge in [0, 0.05) is 20.8 Å². The molecule has 0 atom stereocenters. The molecule has 0 N–H and O–H groups in total. The standard InChI is InChI=1S/C27H23O2PS/c1-29-23-19-17-22(18-20-23)27(21-31-26-15-9-4-10-16-26)30(28,24-11-5-2-6-12-24)25-13-7-3-8-14-25/h2-21H,1H3/b27-21+. The van der Waals surface area contributed by atoms with Crippen molar-refractivity contribution in [1.29, 1.82) is 0 Å². The van der Waals surface area contributed by atoms with Crippen molar-refractivity contribution in [2.24, 2.45) is 0 Å². The summed E-state index contributed by atoms with van der Waals surface area (Å²) in [7, 11) is -1.47. The summed E-state index contributed by atoms with van der Waals surface area (Å²) in [6.07, 6.45) is 0. The van der Waals surface area contributed by atoms with Crippen LogP contribution in [0.4, 0.5) is 0 Å². The molecule has 0 aromatic heterocycles. The number of rotatable bonds is 7. The van der Waals surface area contributed by atoms with Crippen LogP contribution in [0.3, 0.4) is 0 Å². The molecule has 0 fully saturated rings. The molecule has 0 aliphatic rings. The normalized spacial score (nSPS) is 11.8. The average molecular weight is 443 g/mol. The molecule has 0 saturated heterocycles. The predicted molar refractivity (Wildman–Crippen MR) is 133 cm³/mol. The lowest BCUT2D eigenvalue weighted by Crippen LogP contribution is -2.17. The number of ether oxygens (including phenoxy) is 1. The fourth-order valence-electron chi connectivity index (χ4n) is 3.41. The smallest absolute Gasteiger partial charge is 0.172 e. The number of methoxy groups -OCH3 is 1. The van der Waals surface area contributed by atoms with E-state index in [9.17, 15) is 4.57 Å². The summed E-state index contributed by atoms with van der Waals surface area (Å²) < 4.78 is 20.3. The summed E-state index contributed by atoms with van der Waals surface area (Å²) in [5.74, 6) is 0.771. The molecular weight excluding hydrogens is 419 g/mol. The summed E-state index contributed by atoms with van der Waals surface area (Å²) in [5.41, 5.74) is 0.917. The summed E-state index contributed by atoms with van der Waals surface area (Å²) >= 11 is 1.58. The fraction of sp³-hybridized carbons (Fsp3) is 0.0370. The highest BCUT2D eigenvalue weighted by Gasteiger charge is 2.32. The first kappa shape index (κ1) is 21.2. The van der Waals surface area contributed by atoms with Gasteiger partial charge < -0.3 is 9.30 Å². The van der Waals surface area contributed by atoms with Crippen LogP contribution < -0.4 is 15.3 Å². The molecule has 0 heterocycles. The second kappa shape index (κ2) is 9.87. The van der Waals surface area contributed by atoms with Crippen molar-refractivity contribution in [3.05, 3.63) is 126 Å². The van der Waals surface area contributed by atoms with Crippen LogP contribution in [0.5, 0.6) is 5.75 Å². The van der Waals surface area contributed by atoms with E-state index in [-0.39, 0.29) is 0 Å². The first-order valence-electron chi connectivity index (χ1n) is 10.00. The first-order chi connectivity index (χ1) is 15.2. The molecule has 0 bridgehead atoms. The lowest BCUT2D eigenvalue weighted by molar-refractivity contribution is 0.415. The van der Waals surface area contributed by atoms with E-state index in [1.807, 2.05) is 109 Å². The molecule has 4 heteroatoms. The van der Waals surface area contributed by atoms with Gasteiger partial charge in [0.15, 0.2) is 7.14 Å². The van der Waals surface area contributed by atoms with E-state index in [1.54, 1.807) is 18.9 Å². The molecule has 4 rings (SSSR count). The number of hydrogen-bond donors (Lipinski definition) is 0. The molecule has 0 unspecified atom stereocenters. The predicted octanol–water partition coefficient (Wildman–Crippen LogP) is 6.80. The Morgan fingerprint density at radius 1 is 0.710 bits per heavy atom. The first-order valence-corrected chi connectivity index (χ1v) is 12.6. The maximum Gasteiger partial charge on any atom is 0.172 e. The Kier molecular flexibility index (Phi) is 6.76. The van der Waals surface area contributed by atoms with Crippen molar-refractivity contribution in [2.75, 3.05) is 7.11 Å². The fourth-order valence-corrected chi connectivity index (χ4v) is 7.41. The van der Waals surface area contributed by atoms with Crippen LogP contribution in [0.2, 0.25) is 0 Å². The highest BCUT2D eigenvalue weighted by Crippen LogP contribution is 2.57. The largest absolute Gasteiger partial charge is 0.497 e. The van der Waals surface area contributed by atoms with Crippen LogP contribution in [0.25, 0.3) is 5.31 Å². The van der Waals surface area contributed by atoms with Crippen LogP contribution in [-0.4, -0.2) is 7.11 Å². The molecule has 0 radical (unpaired) electrons. The molecule has 154 valence electrons. The van der Waals surface area contributed by atoms with Crippen LogP contribution in [0.1, 0.15) is 5.56 Å². The quantitative estimate of drug-likeness (QED) is 0.233. The lowest BCUT2D eigenvalue weighted by atomic mass is 10.2. The Morgan fingerprint density at radius 2 is 1.19 bits per heavy atom. The molecule has 0 spiro atoms. The summed E-state index contributed by atoms with van der Waals surface area (Å²) in [5, 5.41) is 4.48. The molecule has 31 heavy (non-hydrogen) atoms. The maximum absolute atomic E-state index is 15.0. The zero-order valence-electron chi connectivity index (χ0n) is 17.2. The van der Waals surface area contributed by atoms with Gasteiger partial charge in [-0.05, 0) is 35.2 Å². The van der Waals surface area contributed by atoms with Gasteiger partial charge in [-0.25, -0.2) is 0 Å². The number of thioether (sulfide) groups is 1. The minimum absolute atomic E-state index is 0.771. The third-order valence-electron chi connectivity index (χ3n) is 5.01. The molecule has 0 aliphatic heterocycles. The van der Waals surface area contributed by atoms with Crippen LogP contribution in [0, 0.1) is 0 Å². The molecule has 4 aromatic carbocycles. The highest BCUT2D eigenvalue weighted by molar-refractivity contribution is 8.03. The van der Waals surface area contributed by atoms with Gasteiger partial charge >= 0.3 is 0 Å². The van der Waals surface area contributed by atoms with E-state index >= 15 is 0 Å². The molecule has 4 aromatic rings. The molecular formula is C27H23O2PS. The van der Waals surface area contributed by atoms with Crippen molar-refractivity contribution in [3.63, 3.8) is 0 Å². The van der Waals surface area contributed by atoms with Crippen molar-refractivity contribution < 1.29 is 9.30 Å². The van der Waals surface area contributed by atoms with Gasteiger partial charge in [-0.1, -0.05) is 103 Å². The van der Waals surface area contributed by atoms with Gasteiger partial charge in [0.05, 0.1) is 7.11 Å². The van der Waals surface area contributed by atoms with E-state index in [0.717, 1.165) is 32.1 Å². The van der Waals surface area contributed by atoms with Gasteiger partial charge in [0.25, 0.3) is 0 Å². The second-order valence-corrected chi connectivity index (χ2v) is 10.6. The Morgan fingerprint density at radius 3 is 1.68 bits per heavy atom. The molecule has 0 saturated carbocycles. The topological polar surface area (TPSA) is 26.3 Å². The summed E-state index contributed by atoms with van der Waals surface area (Å²) in [4.78, 5) is 1.10. The molecule has 0 aliphatic carbocycles. The van der Waals surface area contributed by atoms with Crippen molar-refractivity contribution >= 4 is 34.8 Å². The van der Waals surface area contributed by atoms with Crippen molar-refractivity contribution in [3.8, 4) is 5.75 Å². The van der Waals surface area contributed by atoms with E-state index in [0.29, 0.717) is 0 Å². The van der Waals surface area contributed by atoms with Gasteiger partial charge in [-0.15, -0.1) is 0 Å². The molecule has 2 nitrogen and oxygen atoms in total. The Labute approximate surface area is 188 Å².